The lowest BCUT2D eigenvalue weighted by atomic mass is 9.86. The molecule has 2 aliphatic rings. The third kappa shape index (κ3) is 5.20. The van der Waals surface area contributed by atoms with Gasteiger partial charge in [-0.1, -0.05) is 49.2 Å². The fourth-order valence-corrected chi connectivity index (χ4v) is 5.92. The van der Waals surface area contributed by atoms with E-state index >= 15 is 0 Å². The Labute approximate surface area is 241 Å². The van der Waals surface area contributed by atoms with Crippen LogP contribution in [-0.4, -0.2) is 58.0 Å². The molecule has 2 unspecified atom stereocenters. The Balaban J connectivity index is 1.54. The van der Waals surface area contributed by atoms with Gasteiger partial charge in [0.1, 0.15) is 11.7 Å². The van der Waals surface area contributed by atoms with Crippen molar-refractivity contribution in [2.75, 3.05) is 31.1 Å². The second-order valence-corrected chi connectivity index (χ2v) is 11.4. The summed E-state index contributed by atoms with van der Waals surface area (Å²) < 4.78 is 16.0. The number of carbonyl (C=O) groups is 2. The zero-order valence-corrected chi connectivity index (χ0v) is 24.0. The standard InChI is InChI=1S/C29H30Cl2FN5O3/c1-17(2)15-24(38)37-25(39)16-23-33-18(3)26(28(36(23)37)21-5-4-6-22(30)27(21)31)29(40)35-13-11-34(12-14-35)20-9-7-19(32)8-10-20/h4-10,16-17,26,28H,11-15H2,1-3H3. The molecule has 40 heavy (non-hydrogen) atoms. The van der Waals surface area contributed by atoms with E-state index in [4.69, 9.17) is 23.2 Å². The molecular formula is C29H30Cl2FN5O3. The Morgan fingerprint density at radius 3 is 2.38 bits per heavy atom. The van der Waals surface area contributed by atoms with Gasteiger partial charge in [0.15, 0.2) is 5.82 Å². The van der Waals surface area contributed by atoms with E-state index in [1.54, 1.807) is 42.2 Å². The van der Waals surface area contributed by atoms with Crippen LogP contribution in [0.1, 0.15) is 43.6 Å². The normalized spacial score (nSPS) is 19.0. The zero-order chi connectivity index (χ0) is 28.7. The molecule has 0 N–H and O–H groups in total. The Bertz CT molecular complexity index is 1540. The number of hydrogen-bond acceptors (Lipinski definition) is 5. The van der Waals surface area contributed by atoms with E-state index in [0.717, 1.165) is 10.4 Å². The van der Waals surface area contributed by atoms with Crippen molar-refractivity contribution in [3.05, 3.63) is 80.3 Å². The molecule has 5 rings (SSSR count). The van der Waals surface area contributed by atoms with Gasteiger partial charge in [-0.3, -0.25) is 14.4 Å². The third-order valence-corrected chi connectivity index (χ3v) is 8.23. The van der Waals surface area contributed by atoms with Crippen LogP contribution in [0, 0.1) is 17.7 Å². The summed E-state index contributed by atoms with van der Waals surface area (Å²) in [5.74, 6) is -1.40. The highest BCUT2D eigenvalue weighted by atomic mass is 35.5. The predicted octanol–water partition coefficient (Wildman–Crippen LogP) is 5.44. The van der Waals surface area contributed by atoms with Crippen LogP contribution in [0.25, 0.3) is 0 Å². The first kappa shape index (κ1) is 28.1. The van der Waals surface area contributed by atoms with Gasteiger partial charge in [-0.25, -0.2) is 14.1 Å². The highest BCUT2D eigenvalue weighted by Gasteiger charge is 2.43. The number of rotatable bonds is 5. The van der Waals surface area contributed by atoms with E-state index in [2.05, 4.69) is 9.89 Å². The number of aromatic nitrogens is 2. The Kier molecular flexibility index (Phi) is 7.88. The van der Waals surface area contributed by atoms with E-state index in [1.165, 1.54) is 22.9 Å². The highest BCUT2D eigenvalue weighted by molar-refractivity contribution is 6.42. The van der Waals surface area contributed by atoms with Crippen LogP contribution in [0.5, 0.6) is 0 Å². The first-order valence-corrected chi connectivity index (χ1v) is 14.0. The van der Waals surface area contributed by atoms with Gasteiger partial charge in [0.25, 0.3) is 5.56 Å². The van der Waals surface area contributed by atoms with Gasteiger partial charge in [0.2, 0.25) is 11.8 Å². The van der Waals surface area contributed by atoms with Crippen molar-refractivity contribution in [2.24, 2.45) is 16.8 Å². The van der Waals surface area contributed by atoms with Gasteiger partial charge in [-0.05, 0) is 48.7 Å². The molecule has 1 amide bonds. The molecule has 0 saturated carbocycles. The average Bonchev–Trinajstić information content (AvgIpc) is 3.24. The molecule has 2 aliphatic heterocycles. The van der Waals surface area contributed by atoms with Crippen LogP contribution in [0.2, 0.25) is 10.0 Å². The molecule has 0 bridgehead atoms. The molecule has 3 heterocycles. The number of benzene rings is 2. The molecule has 11 heteroatoms. The van der Waals surface area contributed by atoms with Crippen molar-refractivity contribution in [1.29, 1.82) is 0 Å². The van der Waals surface area contributed by atoms with Crippen LogP contribution in [0.4, 0.5) is 15.9 Å². The number of hydrogen-bond donors (Lipinski definition) is 0. The van der Waals surface area contributed by atoms with E-state index < -0.39 is 17.5 Å². The lowest BCUT2D eigenvalue weighted by Crippen LogP contribution is -2.53. The summed E-state index contributed by atoms with van der Waals surface area (Å²) in [6.07, 6.45) is 0.145. The molecule has 0 spiro atoms. The first-order valence-electron chi connectivity index (χ1n) is 13.2. The number of nitrogens with zero attached hydrogens (tertiary/aromatic N) is 5. The van der Waals surface area contributed by atoms with E-state index in [-0.39, 0.29) is 40.8 Å². The minimum absolute atomic E-state index is 0.0161. The molecule has 0 aliphatic carbocycles. The van der Waals surface area contributed by atoms with Crippen LogP contribution in [0.15, 0.2) is 58.3 Å². The maximum Gasteiger partial charge on any atom is 0.276 e. The highest BCUT2D eigenvalue weighted by Crippen LogP contribution is 2.42. The Morgan fingerprint density at radius 1 is 1.05 bits per heavy atom. The monoisotopic (exact) mass is 585 g/mol. The lowest BCUT2D eigenvalue weighted by Gasteiger charge is -2.40. The first-order chi connectivity index (χ1) is 19.1. The summed E-state index contributed by atoms with van der Waals surface area (Å²) in [6.45, 7) is 7.55. The number of amides is 1. The molecule has 1 saturated heterocycles. The van der Waals surface area contributed by atoms with E-state index in [9.17, 15) is 18.8 Å². The minimum Gasteiger partial charge on any atom is -0.368 e. The van der Waals surface area contributed by atoms with Crippen molar-refractivity contribution in [3.8, 4) is 0 Å². The fourth-order valence-electron chi connectivity index (χ4n) is 5.50. The largest absolute Gasteiger partial charge is 0.368 e. The van der Waals surface area contributed by atoms with Gasteiger partial charge in [0, 0.05) is 50.1 Å². The van der Waals surface area contributed by atoms with Gasteiger partial charge < -0.3 is 9.80 Å². The molecule has 2 atom stereocenters. The minimum atomic E-state index is -0.828. The van der Waals surface area contributed by atoms with Crippen molar-refractivity contribution in [1.82, 2.24) is 14.3 Å². The van der Waals surface area contributed by atoms with Crippen LogP contribution < -0.4 is 10.5 Å². The maximum absolute atomic E-state index is 14.2. The summed E-state index contributed by atoms with van der Waals surface area (Å²) in [7, 11) is 0. The van der Waals surface area contributed by atoms with E-state index in [0.29, 0.717) is 42.5 Å². The average molecular weight is 586 g/mol. The van der Waals surface area contributed by atoms with Gasteiger partial charge in [0.05, 0.1) is 16.1 Å². The lowest BCUT2D eigenvalue weighted by molar-refractivity contribution is -0.134. The van der Waals surface area contributed by atoms with Crippen LogP contribution >= 0.6 is 23.2 Å². The number of fused-ring (bicyclic) bond motifs is 1. The molecule has 3 aromatic rings. The second-order valence-electron chi connectivity index (χ2n) is 10.6. The van der Waals surface area contributed by atoms with Crippen molar-refractivity contribution in [2.45, 2.75) is 33.2 Å². The molecule has 1 aromatic heterocycles. The molecular weight excluding hydrogens is 556 g/mol. The van der Waals surface area contributed by atoms with Crippen molar-refractivity contribution in [3.63, 3.8) is 0 Å². The number of anilines is 1. The molecule has 0 radical (unpaired) electrons. The molecule has 1 fully saturated rings. The number of carbonyl (C=O) groups excluding carboxylic acids is 2. The zero-order valence-electron chi connectivity index (χ0n) is 22.5. The number of piperazine rings is 1. The second kappa shape index (κ2) is 11.2. The summed E-state index contributed by atoms with van der Waals surface area (Å²) in [6, 6.07) is 11.9. The number of aliphatic imine (C=N–C) groups is 1. The summed E-state index contributed by atoms with van der Waals surface area (Å²) in [5, 5.41) is 0.548. The topological polar surface area (TPSA) is 79.9 Å². The predicted molar refractivity (Wildman–Crippen MR) is 155 cm³/mol. The van der Waals surface area contributed by atoms with Gasteiger partial charge >= 0.3 is 0 Å². The summed E-state index contributed by atoms with van der Waals surface area (Å²) >= 11 is 13.1. The SMILES string of the molecule is CC1=Nc2cc(=O)n(C(=O)CC(C)C)n2C(c2cccc(Cl)c2Cl)C1C(=O)N1CCN(c2ccc(F)cc2)CC1. The van der Waals surface area contributed by atoms with Crippen LogP contribution in [-0.2, 0) is 4.79 Å². The Morgan fingerprint density at radius 2 is 1.73 bits per heavy atom. The quantitative estimate of drug-likeness (QED) is 0.399. The van der Waals surface area contributed by atoms with Gasteiger partial charge in [-0.2, -0.15) is 4.68 Å². The summed E-state index contributed by atoms with van der Waals surface area (Å²) in [5.41, 5.74) is 1.41. The van der Waals surface area contributed by atoms with Crippen LogP contribution in [0.3, 0.4) is 0 Å². The number of halogens is 3. The molecule has 2 aromatic carbocycles. The molecule has 8 nitrogen and oxygen atoms in total. The maximum atomic E-state index is 14.2. The Hall–Kier alpha value is -3.43. The van der Waals surface area contributed by atoms with Crippen molar-refractivity contribution >= 4 is 52.2 Å². The fraction of sp³-hybridized carbons (Fsp3) is 0.379. The summed E-state index contributed by atoms with van der Waals surface area (Å²) in [4.78, 5) is 49.1. The third-order valence-electron chi connectivity index (χ3n) is 7.40. The van der Waals surface area contributed by atoms with Gasteiger partial charge in [-0.15, -0.1) is 0 Å². The van der Waals surface area contributed by atoms with E-state index in [1.807, 2.05) is 13.8 Å². The smallest absolute Gasteiger partial charge is 0.276 e. The molecule has 210 valence electrons. The van der Waals surface area contributed by atoms with Crippen molar-refractivity contribution < 1.29 is 14.0 Å².